The molecule has 1 N–H and O–H groups in total. The number of carbonyl (C=O) groups excluding carboxylic acids is 1. The van der Waals surface area contributed by atoms with Gasteiger partial charge in [-0.2, -0.15) is 0 Å². The lowest BCUT2D eigenvalue weighted by atomic mass is 10.2. The summed E-state index contributed by atoms with van der Waals surface area (Å²) in [6, 6.07) is 13.1. The summed E-state index contributed by atoms with van der Waals surface area (Å²) in [7, 11) is 0. The normalized spacial score (nSPS) is 13.6. The molecule has 3 rings (SSSR count). The Balaban J connectivity index is 1.46. The molecule has 1 aromatic carbocycles. The van der Waals surface area contributed by atoms with Gasteiger partial charge in [-0.1, -0.05) is 18.2 Å². The largest absolute Gasteiger partial charge is 0.439 e. The molecule has 1 aromatic heterocycles. The molecule has 23 heavy (non-hydrogen) atoms. The minimum absolute atomic E-state index is 0.104. The van der Waals surface area contributed by atoms with E-state index in [0.717, 1.165) is 11.3 Å². The van der Waals surface area contributed by atoms with Crippen LogP contribution in [0.2, 0.25) is 0 Å². The number of carbonyl (C=O) groups is 1. The first-order chi connectivity index (χ1) is 11.3. The topological polar surface area (TPSA) is 60.5 Å². The Morgan fingerprint density at radius 3 is 2.83 bits per heavy atom. The Morgan fingerprint density at radius 1 is 1.22 bits per heavy atom. The van der Waals surface area contributed by atoms with Crippen molar-refractivity contribution in [1.29, 1.82) is 0 Å². The van der Waals surface area contributed by atoms with Crippen molar-refractivity contribution < 1.29 is 14.3 Å². The molecule has 1 amide bonds. The molecule has 1 fully saturated rings. The van der Waals surface area contributed by atoms with Crippen LogP contribution in [0, 0.1) is 5.92 Å². The Morgan fingerprint density at radius 2 is 2.04 bits per heavy atom. The van der Waals surface area contributed by atoms with Crippen LogP contribution in [-0.4, -0.2) is 24.1 Å². The molecule has 0 unspecified atom stereocenters. The zero-order valence-electron chi connectivity index (χ0n) is 12.9. The van der Waals surface area contributed by atoms with Crippen molar-refractivity contribution in [2.45, 2.75) is 19.4 Å². The first kappa shape index (κ1) is 15.5. The number of hydrogen-bond donors (Lipinski definition) is 1. The van der Waals surface area contributed by atoms with Crippen LogP contribution in [0.1, 0.15) is 18.4 Å². The quantitative estimate of drug-likeness (QED) is 0.814. The lowest BCUT2D eigenvalue weighted by Crippen LogP contribution is -2.27. The molecule has 1 heterocycles. The van der Waals surface area contributed by atoms with Crippen LogP contribution in [0.15, 0.2) is 48.7 Å². The number of benzene rings is 1. The molecule has 0 radical (unpaired) electrons. The van der Waals surface area contributed by atoms with E-state index in [1.807, 2.05) is 42.5 Å². The van der Waals surface area contributed by atoms with Gasteiger partial charge in [0.05, 0.1) is 6.61 Å². The molecule has 0 bridgehead atoms. The average molecular weight is 312 g/mol. The molecular formula is C18H20N2O3. The van der Waals surface area contributed by atoms with Gasteiger partial charge in [-0.25, -0.2) is 4.98 Å². The second-order valence-corrected chi connectivity index (χ2v) is 5.65. The molecule has 5 heteroatoms. The van der Waals surface area contributed by atoms with Crippen molar-refractivity contribution >= 4 is 5.91 Å². The summed E-state index contributed by atoms with van der Waals surface area (Å²) < 4.78 is 11.0. The van der Waals surface area contributed by atoms with E-state index in [1.54, 1.807) is 6.20 Å². The number of para-hydroxylation sites is 1. The smallest absolute Gasteiger partial charge is 0.246 e. The number of nitrogens with one attached hydrogen (secondary N) is 1. The Bertz CT molecular complexity index is 642. The summed E-state index contributed by atoms with van der Waals surface area (Å²) in [5.74, 6) is 1.80. The van der Waals surface area contributed by atoms with Gasteiger partial charge < -0.3 is 14.8 Å². The second kappa shape index (κ2) is 7.74. The van der Waals surface area contributed by atoms with Gasteiger partial charge in [-0.3, -0.25) is 4.79 Å². The molecule has 1 aliphatic rings. The monoisotopic (exact) mass is 312 g/mol. The number of ether oxygens (including phenoxy) is 2. The first-order valence-electron chi connectivity index (χ1n) is 7.82. The van der Waals surface area contributed by atoms with Crippen LogP contribution in [-0.2, 0) is 16.1 Å². The Hall–Kier alpha value is -2.40. The highest BCUT2D eigenvalue weighted by atomic mass is 16.5. The molecule has 120 valence electrons. The lowest BCUT2D eigenvalue weighted by Gasteiger charge is -2.08. The molecular weight excluding hydrogens is 292 g/mol. The number of hydrogen-bond acceptors (Lipinski definition) is 4. The molecule has 2 aromatic rings. The van der Waals surface area contributed by atoms with E-state index in [-0.39, 0.29) is 12.5 Å². The minimum atomic E-state index is -0.104. The minimum Gasteiger partial charge on any atom is -0.439 e. The molecule has 5 nitrogen and oxygen atoms in total. The molecule has 0 saturated heterocycles. The number of aromatic nitrogens is 1. The van der Waals surface area contributed by atoms with Crippen LogP contribution in [0.4, 0.5) is 0 Å². The standard InChI is InChI=1S/C18H20N2O3/c21-17(13-22-12-14-6-7-14)20-11-15-8-9-19-18(10-15)23-16-4-2-1-3-5-16/h1-5,8-10,14H,6-7,11-13H2,(H,20,21). The predicted octanol–water partition coefficient (Wildman–Crippen LogP) is 2.92. The third kappa shape index (κ3) is 5.38. The van der Waals surface area contributed by atoms with Gasteiger partial charge in [0.1, 0.15) is 12.4 Å². The maximum atomic E-state index is 11.7. The molecule has 0 atom stereocenters. The Kier molecular flexibility index (Phi) is 5.21. The molecule has 1 saturated carbocycles. The van der Waals surface area contributed by atoms with Crippen LogP contribution in [0.3, 0.4) is 0 Å². The van der Waals surface area contributed by atoms with E-state index >= 15 is 0 Å². The summed E-state index contributed by atoms with van der Waals surface area (Å²) in [5, 5.41) is 2.84. The molecule has 1 aliphatic carbocycles. The summed E-state index contributed by atoms with van der Waals surface area (Å²) in [6.07, 6.45) is 4.12. The fourth-order valence-corrected chi connectivity index (χ4v) is 2.08. The highest BCUT2D eigenvalue weighted by molar-refractivity contribution is 5.77. The third-order valence-corrected chi connectivity index (χ3v) is 3.54. The maximum Gasteiger partial charge on any atom is 0.246 e. The highest BCUT2D eigenvalue weighted by Crippen LogP contribution is 2.28. The summed E-state index contributed by atoms with van der Waals surface area (Å²) >= 11 is 0. The van der Waals surface area contributed by atoms with Crippen molar-refractivity contribution in [2.75, 3.05) is 13.2 Å². The van der Waals surface area contributed by atoms with Gasteiger partial charge in [0.25, 0.3) is 0 Å². The number of amides is 1. The van der Waals surface area contributed by atoms with Gasteiger partial charge in [0.2, 0.25) is 11.8 Å². The summed E-state index contributed by atoms with van der Waals surface area (Å²) in [6.45, 7) is 1.24. The fourth-order valence-electron chi connectivity index (χ4n) is 2.08. The van der Waals surface area contributed by atoms with Gasteiger partial charge in [0.15, 0.2) is 0 Å². The fraction of sp³-hybridized carbons (Fsp3) is 0.333. The predicted molar refractivity (Wildman–Crippen MR) is 86.1 cm³/mol. The van der Waals surface area contributed by atoms with Crippen LogP contribution in [0.25, 0.3) is 0 Å². The van der Waals surface area contributed by atoms with Crippen LogP contribution in [0.5, 0.6) is 11.6 Å². The lowest BCUT2D eigenvalue weighted by molar-refractivity contribution is -0.126. The van der Waals surface area contributed by atoms with Crippen molar-refractivity contribution in [2.24, 2.45) is 5.92 Å². The number of nitrogens with zero attached hydrogens (tertiary/aromatic N) is 1. The van der Waals surface area contributed by atoms with Crippen molar-refractivity contribution in [1.82, 2.24) is 10.3 Å². The van der Waals surface area contributed by atoms with E-state index in [4.69, 9.17) is 9.47 Å². The van der Waals surface area contributed by atoms with Gasteiger partial charge in [0, 0.05) is 18.8 Å². The molecule has 0 spiro atoms. The summed E-state index contributed by atoms with van der Waals surface area (Å²) in [4.78, 5) is 15.9. The maximum absolute atomic E-state index is 11.7. The number of rotatable bonds is 8. The SMILES string of the molecule is O=C(COCC1CC1)NCc1ccnc(Oc2ccccc2)c1. The van der Waals surface area contributed by atoms with Crippen molar-refractivity contribution in [3.8, 4) is 11.6 Å². The first-order valence-corrected chi connectivity index (χ1v) is 7.82. The van der Waals surface area contributed by atoms with Crippen molar-refractivity contribution in [3.63, 3.8) is 0 Å². The average Bonchev–Trinajstić information content (AvgIpc) is 3.39. The highest BCUT2D eigenvalue weighted by Gasteiger charge is 2.21. The van der Waals surface area contributed by atoms with E-state index in [0.29, 0.717) is 24.9 Å². The van der Waals surface area contributed by atoms with Gasteiger partial charge in [-0.15, -0.1) is 0 Å². The second-order valence-electron chi connectivity index (χ2n) is 5.65. The Labute approximate surface area is 135 Å². The number of pyridine rings is 1. The molecule has 0 aliphatic heterocycles. The van der Waals surface area contributed by atoms with E-state index in [2.05, 4.69) is 10.3 Å². The third-order valence-electron chi connectivity index (χ3n) is 3.54. The van der Waals surface area contributed by atoms with Crippen LogP contribution >= 0.6 is 0 Å². The van der Waals surface area contributed by atoms with E-state index < -0.39 is 0 Å². The zero-order valence-corrected chi connectivity index (χ0v) is 12.9. The van der Waals surface area contributed by atoms with Crippen LogP contribution < -0.4 is 10.1 Å². The zero-order chi connectivity index (χ0) is 15.9. The van der Waals surface area contributed by atoms with E-state index in [1.165, 1.54) is 12.8 Å². The summed E-state index contributed by atoms with van der Waals surface area (Å²) in [5.41, 5.74) is 0.932. The van der Waals surface area contributed by atoms with Gasteiger partial charge in [-0.05, 0) is 42.5 Å². The van der Waals surface area contributed by atoms with Crippen molar-refractivity contribution in [3.05, 3.63) is 54.2 Å². The van der Waals surface area contributed by atoms with E-state index in [9.17, 15) is 4.79 Å². The van der Waals surface area contributed by atoms with Gasteiger partial charge >= 0.3 is 0 Å².